The lowest BCUT2D eigenvalue weighted by Crippen LogP contribution is -2.36. The second-order valence-electron chi connectivity index (χ2n) is 6.32. The highest BCUT2D eigenvalue weighted by Gasteiger charge is 2.13. The summed E-state index contributed by atoms with van der Waals surface area (Å²) < 4.78 is 29.3. The Hall–Kier alpha value is -2.55. The topological polar surface area (TPSA) is 84.4 Å². The van der Waals surface area contributed by atoms with Gasteiger partial charge in [0.15, 0.2) is 0 Å². The Morgan fingerprint density at radius 3 is 2.67 bits per heavy atom. The van der Waals surface area contributed by atoms with Crippen LogP contribution in [0.1, 0.15) is 5.56 Å². The first-order chi connectivity index (χ1) is 13.2. The zero-order chi connectivity index (χ0) is 18.6. The van der Waals surface area contributed by atoms with Gasteiger partial charge in [-0.15, -0.1) is 0 Å². The summed E-state index contributed by atoms with van der Waals surface area (Å²) in [5, 5.41) is 0. The molecule has 140 valence electrons. The molecule has 7 nitrogen and oxygen atoms in total. The molecule has 0 radical (unpaired) electrons. The van der Waals surface area contributed by atoms with E-state index in [1.54, 1.807) is 0 Å². The van der Waals surface area contributed by atoms with Crippen molar-refractivity contribution in [3.63, 3.8) is 0 Å². The smallest absolute Gasteiger partial charge is 0.201 e. The van der Waals surface area contributed by atoms with Gasteiger partial charge in [-0.25, -0.2) is 18.1 Å². The summed E-state index contributed by atoms with van der Waals surface area (Å²) in [5.41, 5.74) is 4.61. The van der Waals surface area contributed by atoms with E-state index in [0.717, 1.165) is 46.6 Å². The minimum Gasteiger partial charge on any atom is -0.378 e. The van der Waals surface area contributed by atoms with E-state index in [-0.39, 0.29) is 6.54 Å². The highest BCUT2D eigenvalue weighted by atomic mass is 32.2. The quantitative estimate of drug-likeness (QED) is 0.652. The minimum atomic E-state index is -2.60. The highest BCUT2D eigenvalue weighted by molar-refractivity contribution is 7.70. The van der Waals surface area contributed by atoms with Crippen molar-refractivity contribution < 1.29 is 13.2 Å². The third-order valence-electron chi connectivity index (χ3n) is 4.54. The number of anilines is 1. The first kappa shape index (κ1) is 17.8. The largest absolute Gasteiger partial charge is 0.378 e. The number of hydrogen-bond donors (Lipinski definition) is 2. The molecule has 1 N–H and O–H groups in total. The first-order valence-electron chi connectivity index (χ1n) is 8.76. The second kappa shape index (κ2) is 7.99. The van der Waals surface area contributed by atoms with Crippen LogP contribution in [0.2, 0.25) is 0 Å². The average molecular weight is 384 g/mol. The summed E-state index contributed by atoms with van der Waals surface area (Å²) in [4.78, 5) is 11.5. The van der Waals surface area contributed by atoms with Crippen molar-refractivity contribution in [2.45, 2.75) is 6.54 Å². The van der Waals surface area contributed by atoms with E-state index in [0.29, 0.717) is 13.2 Å². The van der Waals surface area contributed by atoms with Crippen LogP contribution in [0.3, 0.4) is 0 Å². The molecule has 1 saturated heterocycles. The summed E-state index contributed by atoms with van der Waals surface area (Å²) in [6.07, 6.45) is 1.81. The fourth-order valence-corrected chi connectivity index (χ4v) is 3.45. The van der Waals surface area contributed by atoms with Crippen LogP contribution in [0.4, 0.5) is 5.82 Å². The molecule has 0 atom stereocenters. The average Bonchev–Trinajstić information content (AvgIpc) is 2.72. The fraction of sp³-hybridized carbons (Fsp3) is 0.263. The lowest BCUT2D eigenvalue weighted by Gasteiger charge is -2.27. The molecule has 2 aromatic carbocycles. The van der Waals surface area contributed by atoms with Gasteiger partial charge in [0, 0.05) is 19.6 Å². The Morgan fingerprint density at radius 2 is 1.85 bits per heavy atom. The summed E-state index contributed by atoms with van der Waals surface area (Å²) in [7, 11) is -2.60. The lowest BCUT2D eigenvalue weighted by molar-refractivity contribution is 0.122. The van der Waals surface area contributed by atoms with Crippen LogP contribution in [-0.4, -0.2) is 44.7 Å². The summed E-state index contributed by atoms with van der Waals surface area (Å²) >= 11 is 0. The SMILES string of the molecule is O=[SH](=O)NCc1cccc(-c2ccc3ncc(N4CCOCC4)nc3c2)c1. The van der Waals surface area contributed by atoms with E-state index >= 15 is 0 Å². The van der Waals surface area contributed by atoms with Crippen LogP contribution in [0.25, 0.3) is 22.2 Å². The van der Waals surface area contributed by atoms with Crippen LogP contribution in [0, 0.1) is 0 Å². The number of thiol groups is 1. The number of fused-ring (bicyclic) bond motifs is 1. The Labute approximate surface area is 159 Å². The highest BCUT2D eigenvalue weighted by Crippen LogP contribution is 2.25. The van der Waals surface area contributed by atoms with Gasteiger partial charge in [0.05, 0.1) is 30.4 Å². The third kappa shape index (κ3) is 4.24. The van der Waals surface area contributed by atoms with E-state index in [1.807, 2.05) is 48.7 Å². The number of aromatic nitrogens is 2. The Bertz CT molecular complexity index is 1020. The molecule has 4 rings (SSSR count). The molecule has 0 bridgehead atoms. The maximum Gasteiger partial charge on any atom is 0.201 e. The van der Waals surface area contributed by atoms with Crippen molar-refractivity contribution in [1.82, 2.24) is 14.7 Å². The van der Waals surface area contributed by atoms with Crippen LogP contribution in [0.15, 0.2) is 48.7 Å². The molecule has 0 spiro atoms. The molecule has 1 fully saturated rings. The van der Waals surface area contributed by atoms with Crippen molar-refractivity contribution in [3.05, 3.63) is 54.2 Å². The Kier molecular flexibility index (Phi) is 5.28. The van der Waals surface area contributed by atoms with E-state index in [2.05, 4.69) is 14.6 Å². The molecular formula is C19H20N4O3S. The van der Waals surface area contributed by atoms with E-state index in [1.165, 1.54) is 0 Å². The summed E-state index contributed by atoms with van der Waals surface area (Å²) in [6.45, 7) is 3.32. The first-order valence-corrected chi connectivity index (χ1v) is 9.93. The molecule has 0 amide bonds. The van der Waals surface area contributed by atoms with Gasteiger partial charge in [-0.2, -0.15) is 0 Å². The zero-order valence-corrected chi connectivity index (χ0v) is 15.6. The lowest BCUT2D eigenvalue weighted by atomic mass is 10.0. The molecular weight excluding hydrogens is 364 g/mol. The van der Waals surface area contributed by atoms with E-state index < -0.39 is 10.9 Å². The monoisotopic (exact) mass is 384 g/mol. The standard InChI is InChI=1S/C19H20N4O3S/c24-27(25)21-12-14-2-1-3-15(10-14)16-4-5-17-18(11-16)22-19(13-20-17)23-6-8-26-9-7-23/h1-5,10-11,13,27H,6-9,12H2,(H,21,24,25). The zero-order valence-electron chi connectivity index (χ0n) is 14.7. The van der Waals surface area contributed by atoms with Crippen molar-refractivity contribution in [3.8, 4) is 11.1 Å². The third-order valence-corrected chi connectivity index (χ3v) is 4.95. The van der Waals surface area contributed by atoms with Gasteiger partial charge in [-0.05, 0) is 34.9 Å². The number of ether oxygens (including phenoxy) is 1. The second-order valence-corrected chi connectivity index (χ2v) is 7.15. The van der Waals surface area contributed by atoms with Gasteiger partial charge in [0.2, 0.25) is 10.9 Å². The predicted octanol–water partition coefficient (Wildman–Crippen LogP) is 1.75. The summed E-state index contributed by atoms with van der Waals surface area (Å²) in [6, 6.07) is 13.8. The van der Waals surface area contributed by atoms with Crippen molar-refractivity contribution in [1.29, 1.82) is 0 Å². The molecule has 0 saturated carbocycles. The van der Waals surface area contributed by atoms with Crippen molar-refractivity contribution in [2.75, 3.05) is 31.2 Å². The molecule has 0 aliphatic carbocycles. The molecule has 2 heterocycles. The normalized spacial score (nSPS) is 14.8. The molecule has 3 aromatic rings. The predicted molar refractivity (Wildman–Crippen MR) is 105 cm³/mol. The molecule has 0 unspecified atom stereocenters. The Morgan fingerprint density at radius 1 is 1.04 bits per heavy atom. The molecule has 1 aliphatic rings. The van der Waals surface area contributed by atoms with Crippen molar-refractivity contribution >= 4 is 27.7 Å². The van der Waals surface area contributed by atoms with Crippen LogP contribution in [0.5, 0.6) is 0 Å². The minimum absolute atomic E-state index is 0.279. The summed E-state index contributed by atoms with van der Waals surface area (Å²) in [5.74, 6) is 0.861. The van der Waals surface area contributed by atoms with Crippen LogP contribution >= 0.6 is 0 Å². The fourth-order valence-electron chi connectivity index (χ4n) is 3.14. The molecule has 1 aromatic heterocycles. The maximum atomic E-state index is 10.7. The van der Waals surface area contributed by atoms with Gasteiger partial charge >= 0.3 is 0 Å². The molecule has 1 aliphatic heterocycles. The van der Waals surface area contributed by atoms with Gasteiger partial charge in [0.25, 0.3) is 0 Å². The van der Waals surface area contributed by atoms with Gasteiger partial charge in [-0.3, -0.25) is 4.98 Å². The van der Waals surface area contributed by atoms with E-state index in [4.69, 9.17) is 9.72 Å². The molecule has 8 heteroatoms. The number of hydrogen-bond acceptors (Lipinski definition) is 6. The van der Waals surface area contributed by atoms with Gasteiger partial charge < -0.3 is 9.64 Å². The van der Waals surface area contributed by atoms with Gasteiger partial charge in [0.1, 0.15) is 5.82 Å². The molecule has 27 heavy (non-hydrogen) atoms. The number of nitrogens with one attached hydrogen (secondary N) is 1. The number of morpholine rings is 1. The number of rotatable bonds is 5. The van der Waals surface area contributed by atoms with Crippen LogP contribution < -0.4 is 9.62 Å². The van der Waals surface area contributed by atoms with E-state index in [9.17, 15) is 8.42 Å². The maximum absolute atomic E-state index is 10.7. The van der Waals surface area contributed by atoms with Gasteiger partial charge in [-0.1, -0.05) is 24.3 Å². The van der Waals surface area contributed by atoms with Crippen molar-refractivity contribution in [2.24, 2.45) is 0 Å². The number of benzene rings is 2. The Balaban J connectivity index is 1.65. The number of nitrogens with zero attached hydrogens (tertiary/aromatic N) is 3. The van der Waals surface area contributed by atoms with Crippen LogP contribution in [-0.2, 0) is 22.2 Å².